The van der Waals surface area contributed by atoms with E-state index < -0.39 is 12.0 Å². The molecule has 0 aliphatic heterocycles. The van der Waals surface area contributed by atoms with Crippen molar-refractivity contribution in [3.05, 3.63) is 30.1 Å². The molecule has 1 aromatic heterocycles. The van der Waals surface area contributed by atoms with Crippen molar-refractivity contribution in [1.82, 2.24) is 15.2 Å². The quantitative estimate of drug-likeness (QED) is 0.802. The summed E-state index contributed by atoms with van der Waals surface area (Å²) < 4.78 is 0. The number of carboxylic acids is 1. The molecule has 1 heterocycles. The molecule has 6 heteroatoms. The number of hydrogen-bond acceptors (Lipinski definition) is 3. The van der Waals surface area contributed by atoms with Crippen LogP contribution < -0.4 is 5.32 Å². The molecule has 116 valence electrons. The van der Waals surface area contributed by atoms with Crippen molar-refractivity contribution >= 4 is 12.0 Å². The van der Waals surface area contributed by atoms with Gasteiger partial charge in [0.15, 0.2) is 0 Å². The average molecular weight is 293 g/mol. The highest BCUT2D eigenvalue weighted by Crippen LogP contribution is 2.08. The number of urea groups is 1. The van der Waals surface area contributed by atoms with Gasteiger partial charge < -0.3 is 15.3 Å². The zero-order chi connectivity index (χ0) is 15.8. The molecule has 2 unspecified atom stereocenters. The first kappa shape index (κ1) is 16.9. The summed E-state index contributed by atoms with van der Waals surface area (Å²) >= 11 is 0. The van der Waals surface area contributed by atoms with Crippen molar-refractivity contribution in [1.29, 1.82) is 0 Å². The maximum Gasteiger partial charge on any atom is 0.326 e. The SMILES string of the molecule is CCC(C)C(NC(=O)N(C)CCc1ccncc1)C(=O)O. The van der Waals surface area contributed by atoms with Crippen molar-refractivity contribution in [2.24, 2.45) is 5.92 Å². The Balaban J connectivity index is 2.51. The molecular formula is C15H23N3O3. The molecule has 6 nitrogen and oxygen atoms in total. The van der Waals surface area contributed by atoms with E-state index >= 15 is 0 Å². The number of carboxylic acid groups (broad SMARTS) is 1. The Morgan fingerprint density at radius 3 is 2.52 bits per heavy atom. The van der Waals surface area contributed by atoms with Crippen molar-refractivity contribution in [3.63, 3.8) is 0 Å². The number of aliphatic carboxylic acids is 1. The lowest BCUT2D eigenvalue weighted by Gasteiger charge is -2.24. The van der Waals surface area contributed by atoms with Crippen molar-refractivity contribution in [3.8, 4) is 0 Å². The van der Waals surface area contributed by atoms with E-state index in [1.165, 1.54) is 4.90 Å². The number of amides is 2. The Hall–Kier alpha value is -2.11. The second-order valence-corrected chi connectivity index (χ2v) is 5.18. The summed E-state index contributed by atoms with van der Waals surface area (Å²) in [6.45, 7) is 4.23. The summed E-state index contributed by atoms with van der Waals surface area (Å²) in [7, 11) is 1.66. The van der Waals surface area contributed by atoms with Crippen molar-refractivity contribution in [2.75, 3.05) is 13.6 Å². The molecule has 2 atom stereocenters. The van der Waals surface area contributed by atoms with Gasteiger partial charge in [0, 0.05) is 26.0 Å². The summed E-state index contributed by atoms with van der Waals surface area (Å²) in [5.41, 5.74) is 1.08. The standard InChI is InChI=1S/C15H23N3O3/c1-4-11(2)13(14(19)20)17-15(21)18(3)10-7-12-5-8-16-9-6-12/h5-6,8-9,11,13H,4,7,10H2,1-3H3,(H,17,21)(H,19,20). The molecule has 1 aromatic rings. The summed E-state index contributed by atoms with van der Waals surface area (Å²) in [5.74, 6) is -1.11. The lowest BCUT2D eigenvalue weighted by Crippen LogP contribution is -2.49. The maximum absolute atomic E-state index is 12.0. The van der Waals surface area contributed by atoms with Gasteiger partial charge >= 0.3 is 12.0 Å². The van der Waals surface area contributed by atoms with E-state index in [9.17, 15) is 14.7 Å². The van der Waals surface area contributed by atoms with Gasteiger partial charge in [-0.25, -0.2) is 9.59 Å². The second-order valence-electron chi connectivity index (χ2n) is 5.18. The summed E-state index contributed by atoms with van der Waals surface area (Å²) in [6, 6.07) is 2.57. The largest absolute Gasteiger partial charge is 0.480 e. The Bertz CT molecular complexity index is 464. The third-order valence-corrected chi connectivity index (χ3v) is 3.59. The first-order valence-corrected chi connectivity index (χ1v) is 7.09. The molecule has 0 spiro atoms. The number of hydrogen-bond donors (Lipinski definition) is 2. The Morgan fingerprint density at radius 1 is 1.38 bits per heavy atom. The lowest BCUT2D eigenvalue weighted by atomic mass is 9.99. The highest BCUT2D eigenvalue weighted by Gasteiger charge is 2.26. The fraction of sp³-hybridized carbons (Fsp3) is 0.533. The Morgan fingerprint density at radius 2 is 2.00 bits per heavy atom. The number of pyridine rings is 1. The van der Waals surface area contributed by atoms with Gasteiger partial charge in [-0.15, -0.1) is 0 Å². The van der Waals surface area contributed by atoms with E-state index in [0.717, 1.165) is 5.56 Å². The van der Waals surface area contributed by atoms with Gasteiger partial charge in [0.25, 0.3) is 0 Å². The predicted molar refractivity (Wildman–Crippen MR) is 80.0 cm³/mol. The zero-order valence-corrected chi connectivity index (χ0v) is 12.7. The fourth-order valence-electron chi connectivity index (χ4n) is 1.87. The summed E-state index contributed by atoms with van der Waals surface area (Å²) in [4.78, 5) is 28.7. The van der Waals surface area contributed by atoms with E-state index in [1.54, 1.807) is 19.4 Å². The van der Waals surface area contributed by atoms with Crippen LogP contribution in [0.3, 0.4) is 0 Å². The minimum atomic E-state index is -1.000. The predicted octanol–water partition coefficient (Wildman–Crippen LogP) is 1.76. The number of likely N-dealkylation sites (N-methyl/N-ethyl adjacent to an activating group) is 1. The van der Waals surface area contributed by atoms with E-state index in [2.05, 4.69) is 10.3 Å². The molecule has 1 rings (SSSR count). The fourth-order valence-corrected chi connectivity index (χ4v) is 1.87. The van der Waals surface area contributed by atoms with Gasteiger partial charge in [-0.1, -0.05) is 20.3 Å². The van der Waals surface area contributed by atoms with Crippen LogP contribution in [0, 0.1) is 5.92 Å². The molecular weight excluding hydrogens is 270 g/mol. The van der Waals surface area contributed by atoms with E-state index in [0.29, 0.717) is 19.4 Å². The van der Waals surface area contributed by atoms with E-state index in [-0.39, 0.29) is 11.9 Å². The second kappa shape index (κ2) is 8.24. The maximum atomic E-state index is 12.0. The van der Waals surface area contributed by atoms with Crippen LogP contribution in [0.5, 0.6) is 0 Å². The number of rotatable bonds is 7. The molecule has 2 N–H and O–H groups in total. The highest BCUT2D eigenvalue weighted by atomic mass is 16.4. The third-order valence-electron chi connectivity index (χ3n) is 3.59. The van der Waals surface area contributed by atoms with Crippen LogP contribution in [-0.4, -0.2) is 46.6 Å². The Kier molecular flexibility index (Phi) is 6.65. The van der Waals surface area contributed by atoms with Crippen molar-refractivity contribution in [2.45, 2.75) is 32.7 Å². The van der Waals surface area contributed by atoms with Gasteiger partial charge in [-0.2, -0.15) is 0 Å². The molecule has 2 amide bonds. The van der Waals surface area contributed by atoms with Gasteiger partial charge in [0.05, 0.1) is 0 Å². The molecule has 0 fully saturated rings. The number of carbonyl (C=O) groups excluding carboxylic acids is 1. The third kappa shape index (κ3) is 5.41. The molecule has 0 aliphatic rings. The minimum Gasteiger partial charge on any atom is -0.480 e. The molecule has 0 bridgehead atoms. The molecule has 0 saturated carbocycles. The number of aromatic nitrogens is 1. The number of nitrogens with zero attached hydrogens (tertiary/aromatic N) is 2. The van der Waals surface area contributed by atoms with Crippen LogP contribution in [0.15, 0.2) is 24.5 Å². The normalized spacial score (nSPS) is 13.3. The van der Waals surface area contributed by atoms with Crippen LogP contribution in [0.4, 0.5) is 4.79 Å². The smallest absolute Gasteiger partial charge is 0.326 e. The van der Waals surface area contributed by atoms with Crippen molar-refractivity contribution < 1.29 is 14.7 Å². The van der Waals surface area contributed by atoms with Crippen LogP contribution in [-0.2, 0) is 11.2 Å². The summed E-state index contributed by atoms with van der Waals surface area (Å²) in [6.07, 6.45) is 4.81. The first-order valence-electron chi connectivity index (χ1n) is 7.09. The highest BCUT2D eigenvalue weighted by molar-refractivity contribution is 5.82. The topological polar surface area (TPSA) is 82.5 Å². The monoisotopic (exact) mass is 293 g/mol. The lowest BCUT2D eigenvalue weighted by molar-refractivity contribution is -0.140. The van der Waals surface area contributed by atoms with Crippen LogP contribution in [0.25, 0.3) is 0 Å². The van der Waals surface area contributed by atoms with E-state index in [1.807, 2.05) is 26.0 Å². The summed E-state index contributed by atoms with van der Waals surface area (Å²) in [5, 5.41) is 11.8. The van der Waals surface area contributed by atoms with Gasteiger partial charge in [0.2, 0.25) is 0 Å². The van der Waals surface area contributed by atoms with Gasteiger partial charge in [0.1, 0.15) is 6.04 Å². The zero-order valence-electron chi connectivity index (χ0n) is 12.7. The molecule has 0 saturated heterocycles. The number of nitrogens with one attached hydrogen (secondary N) is 1. The van der Waals surface area contributed by atoms with Crippen LogP contribution in [0.2, 0.25) is 0 Å². The molecule has 0 radical (unpaired) electrons. The average Bonchev–Trinajstić information content (AvgIpc) is 2.49. The molecule has 0 aromatic carbocycles. The van der Waals surface area contributed by atoms with Gasteiger partial charge in [-0.3, -0.25) is 4.98 Å². The molecule has 0 aliphatic carbocycles. The first-order chi connectivity index (χ1) is 9.95. The van der Waals surface area contributed by atoms with Gasteiger partial charge in [-0.05, 0) is 30.0 Å². The van der Waals surface area contributed by atoms with Crippen LogP contribution >= 0.6 is 0 Å². The minimum absolute atomic E-state index is 0.111. The van der Waals surface area contributed by atoms with E-state index in [4.69, 9.17) is 0 Å². The number of carbonyl (C=O) groups is 2. The van der Waals surface area contributed by atoms with Crippen LogP contribution in [0.1, 0.15) is 25.8 Å². The molecule has 21 heavy (non-hydrogen) atoms. The Labute approximate surface area is 125 Å².